The first-order chi connectivity index (χ1) is 12.2. The van der Waals surface area contributed by atoms with Crippen molar-refractivity contribution in [2.75, 3.05) is 6.54 Å². The van der Waals surface area contributed by atoms with Crippen molar-refractivity contribution in [3.05, 3.63) is 46.8 Å². The molecular formula is C19H22N4O2. The van der Waals surface area contributed by atoms with E-state index in [4.69, 9.17) is 0 Å². The molecule has 1 saturated carbocycles. The number of carbonyl (C=O) groups is 1. The smallest absolute Gasteiger partial charge is 0.277 e. The number of allylic oxidation sites excluding steroid dienone is 2. The number of nitrogens with zero attached hydrogens (tertiary/aromatic N) is 3. The van der Waals surface area contributed by atoms with Crippen LogP contribution in [0.1, 0.15) is 25.7 Å². The van der Waals surface area contributed by atoms with Gasteiger partial charge in [0, 0.05) is 19.5 Å². The van der Waals surface area contributed by atoms with E-state index < -0.39 is 0 Å². The third kappa shape index (κ3) is 3.34. The third-order valence-electron chi connectivity index (χ3n) is 5.38. The Morgan fingerprint density at radius 3 is 2.92 bits per heavy atom. The van der Waals surface area contributed by atoms with Crippen molar-refractivity contribution in [1.29, 1.82) is 0 Å². The van der Waals surface area contributed by atoms with E-state index in [9.17, 15) is 9.59 Å². The Hall–Kier alpha value is -2.50. The molecule has 3 atom stereocenters. The number of benzene rings is 1. The second-order valence-corrected chi connectivity index (χ2v) is 7.08. The van der Waals surface area contributed by atoms with Crippen LogP contribution in [0.3, 0.4) is 0 Å². The SMILES string of the molecule is O=C(CCCn1nnc2ccccc2c1=O)NC[C@@H]1C[C@H]2C=C[C@H]1C2. The number of carbonyl (C=O) groups excluding carboxylic acids is 1. The van der Waals surface area contributed by atoms with Gasteiger partial charge in [0.05, 0.1) is 5.39 Å². The van der Waals surface area contributed by atoms with Gasteiger partial charge in [-0.25, -0.2) is 4.68 Å². The third-order valence-corrected chi connectivity index (χ3v) is 5.38. The fourth-order valence-corrected chi connectivity index (χ4v) is 4.02. The molecule has 2 aliphatic rings. The minimum Gasteiger partial charge on any atom is -0.356 e. The van der Waals surface area contributed by atoms with Crippen LogP contribution in [-0.2, 0) is 11.3 Å². The van der Waals surface area contributed by atoms with Gasteiger partial charge in [-0.05, 0) is 49.1 Å². The summed E-state index contributed by atoms with van der Waals surface area (Å²) in [5.74, 6) is 2.02. The Balaban J connectivity index is 1.26. The van der Waals surface area contributed by atoms with Gasteiger partial charge in [0.15, 0.2) is 0 Å². The highest BCUT2D eigenvalue weighted by atomic mass is 16.1. The van der Waals surface area contributed by atoms with E-state index in [1.807, 2.05) is 12.1 Å². The molecule has 6 heteroatoms. The highest BCUT2D eigenvalue weighted by molar-refractivity contribution is 5.76. The van der Waals surface area contributed by atoms with E-state index >= 15 is 0 Å². The minimum atomic E-state index is -0.153. The average Bonchev–Trinajstić information content (AvgIpc) is 3.25. The summed E-state index contributed by atoms with van der Waals surface area (Å²) in [6.07, 6.45) is 8.04. The van der Waals surface area contributed by atoms with Crippen molar-refractivity contribution in [1.82, 2.24) is 20.3 Å². The molecule has 1 aromatic carbocycles. The van der Waals surface area contributed by atoms with Crippen molar-refractivity contribution in [3.8, 4) is 0 Å². The zero-order chi connectivity index (χ0) is 17.2. The second kappa shape index (κ2) is 6.78. The van der Waals surface area contributed by atoms with Gasteiger partial charge in [-0.1, -0.05) is 29.5 Å². The maximum absolute atomic E-state index is 12.3. The van der Waals surface area contributed by atoms with Gasteiger partial charge < -0.3 is 5.32 Å². The zero-order valence-electron chi connectivity index (χ0n) is 14.1. The molecule has 2 aromatic rings. The summed E-state index contributed by atoms with van der Waals surface area (Å²) in [5.41, 5.74) is 0.446. The summed E-state index contributed by atoms with van der Waals surface area (Å²) < 4.78 is 1.34. The predicted molar refractivity (Wildman–Crippen MR) is 94.9 cm³/mol. The molecule has 0 unspecified atom stereocenters. The van der Waals surface area contributed by atoms with E-state index in [0.717, 1.165) is 12.5 Å². The van der Waals surface area contributed by atoms with Gasteiger partial charge in [0.25, 0.3) is 5.56 Å². The quantitative estimate of drug-likeness (QED) is 0.816. The summed E-state index contributed by atoms with van der Waals surface area (Å²) in [4.78, 5) is 24.4. The van der Waals surface area contributed by atoms with E-state index in [-0.39, 0.29) is 11.5 Å². The van der Waals surface area contributed by atoms with Crippen LogP contribution in [0.25, 0.3) is 10.9 Å². The van der Waals surface area contributed by atoms with Crippen LogP contribution in [0.5, 0.6) is 0 Å². The van der Waals surface area contributed by atoms with Gasteiger partial charge in [-0.3, -0.25) is 9.59 Å². The molecule has 4 rings (SSSR count). The number of fused-ring (bicyclic) bond motifs is 3. The molecule has 25 heavy (non-hydrogen) atoms. The lowest BCUT2D eigenvalue weighted by molar-refractivity contribution is -0.121. The molecule has 0 spiro atoms. The maximum atomic E-state index is 12.3. The van der Waals surface area contributed by atoms with Crippen molar-refractivity contribution in [2.24, 2.45) is 17.8 Å². The van der Waals surface area contributed by atoms with Gasteiger partial charge in [-0.15, -0.1) is 5.10 Å². The Labute approximate surface area is 145 Å². The van der Waals surface area contributed by atoms with Crippen molar-refractivity contribution < 1.29 is 4.79 Å². The molecule has 1 heterocycles. The summed E-state index contributed by atoms with van der Waals surface area (Å²) >= 11 is 0. The normalized spacial score (nSPS) is 24.1. The fourth-order valence-electron chi connectivity index (χ4n) is 4.02. The lowest BCUT2D eigenvalue weighted by Gasteiger charge is -2.18. The lowest BCUT2D eigenvalue weighted by Crippen LogP contribution is -2.31. The van der Waals surface area contributed by atoms with Crippen molar-refractivity contribution >= 4 is 16.8 Å². The van der Waals surface area contributed by atoms with E-state index in [2.05, 4.69) is 27.8 Å². The highest BCUT2D eigenvalue weighted by Gasteiger charge is 2.35. The number of rotatable bonds is 6. The first-order valence-corrected chi connectivity index (χ1v) is 8.98. The molecule has 0 aliphatic heterocycles. The van der Waals surface area contributed by atoms with Crippen LogP contribution in [0.2, 0.25) is 0 Å². The first-order valence-electron chi connectivity index (χ1n) is 8.98. The molecule has 1 amide bonds. The average molecular weight is 338 g/mol. The summed E-state index contributed by atoms with van der Waals surface area (Å²) in [6.45, 7) is 1.17. The number of aryl methyl sites for hydroxylation is 1. The highest BCUT2D eigenvalue weighted by Crippen LogP contribution is 2.42. The van der Waals surface area contributed by atoms with E-state index in [1.54, 1.807) is 12.1 Å². The number of hydrogen-bond acceptors (Lipinski definition) is 4. The predicted octanol–water partition coefficient (Wildman–Crippen LogP) is 1.90. The lowest BCUT2D eigenvalue weighted by atomic mass is 9.93. The van der Waals surface area contributed by atoms with Crippen LogP contribution >= 0.6 is 0 Å². The van der Waals surface area contributed by atoms with E-state index in [0.29, 0.717) is 42.1 Å². The summed E-state index contributed by atoms with van der Waals surface area (Å²) in [6, 6.07) is 7.16. The monoisotopic (exact) mass is 338 g/mol. The zero-order valence-corrected chi connectivity index (χ0v) is 14.1. The Bertz CT molecular complexity index is 873. The molecule has 1 N–H and O–H groups in total. The number of hydrogen-bond donors (Lipinski definition) is 1. The molecular weight excluding hydrogens is 316 g/mol. The van der Waals surface area contributed by atoms with Crippen molar-refractivity contribution in [3.63, 3.8) is 0 Å². The second-order valence-electron chi connectivity index (χ2n) is 7.08. The van der Waals surface area contributed by atoms with Gasteiger partial charge in [0.1, 0.15) is 5.52 Å². The van der Waals surface area contributed by atoms with Crippen LogP contribution in [0, 0.1) is 17.8 Å². The topological polar surface area (TPSA) is 76.9 Å². The molecule has 6 nitrogen and oxygen atoms in total. The Morgan fingerprint density at radius 1 is 1.24 bits per heavy atom. The standard InChI is InChI=1S/C19H22N4O2/c24-18(20-12-15-11-13-7-8-14(15)10-13)6-3-9-23-19(25)16-4-1-2-5-17(16)21-22-23/h1-2,4-5,7-8,13-15H,3,6,9-12H2,(H,20,24)/t13-,14-,15-/m0/s1. The van der Waals surface area contributed by atoms with E-state index in [1.165, 1.54) is 17.5 Å². The fraction of sp³-hybridized carbons (Fsp3) is 0.474. The Morgan fingerprint density at radius 2 is 2.12 bits per heavy atom. The van der Waals surface area contributed by atoms with Crippen molar-refractivity contribution in [2.45, 2.75) is 32.2 Å². The number of nitrogens with one attached hydrogen (secondary N) is 1. The maximum Gasteiger partial charge on any atom is 0.277 e. The molecule has 0 saturated heterocycles. The van der Waals surface area contributed by atoms with Gasteiger partial charge in [0.2, 0.25) is 5.91 Å². The van der Waals surface area contributed by atoms with Crippen LogP contribution < -0.4 is 10.9 Å². The molecule has 1 aromatic heterocycles. The minimum absolute atomic E-state index is 0.0496. The summed E-state index contributed by atoms with van der Waals surface area (Å²) in [5, 5.41) is 11.6. The van der Waals surface area contributed by atoms with Gasteiger partial charge in [-0.2, -0.15) is 0 Å². The largest absolute Gasteiger partial charge is 0.356 e. The molecule has 130 valence electrons. The summed E-state index contributed by atoms with van der Waals surface area (Å²) in [7, 11) is 0. The molecule has 0 radical (unpaired) electrons. The van der Waals surface area contributed by atoms with Crippen LogP contribution in [0.15, 0.2) is 41.2 Å². The van der Waals surface area contributed by atoms with Crippen LogP contribution in [0.4, 0.5) is 0 Å². The molecule has 2 aliphatic carbocycles. The number of aromatic nitrogens is 3. The molecule has 1 fully saturated rings. The first kappa shape index (κ1) is 16.0. The Kier molecular flexibility index (Phi) is 4.34. The van der Waals surface area contributed by atoms with Gasteiger partial charge >= 0.3 is 0 Å². The van der Waals surface area contributed by atoms with Crippen LogP contribution in [-0.4, -0.2) is 27.4 Å². The molecule has 2 bridgehead atoms. The number of amides is 1.